The highest BCUT2D eigenvalue weighted by molar-refractivity contribution is 14.1. The lowest BCUT2D eigenvalue weighted by Gasteiger charge is -2.07. The van der Waals surface area contributed by atoms with Crippen LogP contribution in [0.2, 0.25) is 0 Å². The Hall–Kier alpha value is -2.14. The number of hydrogen-bond acceptors (Lipinski definition) is 3. The fourth-order valence-electron chi connectivity index (χ4n) is 1.53. The van der Waals surface area contributed by atoms with Gasteiger partial charge in [-0.15, -0.1) is 0 Å². The highest BCUT2D eigenvalue weighted by Gasteiger charge is 2.11. The molecule has 0 atom stereocenters. The number of phenols is 1. The van der Waals surface area contributed by atoms with Crippen LogP contribution in [-0.2, 0) is 0 Å². The molecule has 0 spiro atoms. The summed E-state index contributed by atoms with van der Waals surface area (Å²) in [6.45, 7) is 0. The van der Waals surface area contributed by atoms with Crippen molar-refractivity contribution in [3.05, 3.63) is 56.9 Å². The van der Waals surface area contributed by atoms with Crippen molar-refractivity contribution in [2.24, 2.45) is 0 Å². The quantitative estimate of drug-likeness (QED) is 0.784. The summed E-state index contributed by atoms with van der Waals surface area (Å²) < 4.78 is 14.3. The molecule has 2 aromatic rings. The molecule has 0 saturated heterocycles. The fourth-order valence-corrected chi connectivity index (χ4v) is 1.87. The third-order valence-corrected chi connectivity index (χ3v) is 3.47. The Kier molecular flexibility index (Phi) is 4.20. The monoisotopic (exact) mass is 382 g/mol. The topological polar surface area (TPSA) is 73.1 Å². The highest BCUT2D eigenvalue weighted by Crippen LogP contribution is 2.22. The van der Waals surface area contributed by atoms with E-state index in [4.69, 9.17) is 5.26 Å². The molecule has 0 aromatic heterocycles. The standard InChI is InChI=1S/C14H8FIN2O2/c15-10-5-8(7-17)1-4-12(10)18-14(20)9-2-3-11(16)13(19)6-9/h1-6,19H,(H,18,20). The number of benzene rings is 2. The Balaban J connectivity index is 2.23. The van der Waals surface area contributed by atoms with Crippen molar-refractivity contribution < 1.29 is 14.3 Å². The van der Waals surface area contributed by atoms with Crippen molar-refractivity contribution in [3.8, 4) is 11.8 Å². The van der Waals surface area contributed by atoms with Crippen molar-refractivity contribution >= 4 is 34.2 Å². The average molecular weight is 382 g/mol. The van der Waals surface area contributed by atoms with Gasteiger partial charge >= 0.3 is 0 Å². The van der Waals surface area contributed by atoms with Crippen LogP contribution in [-0.4, -0.2) is 11.0 Å². The number of nitriles is 1. The van der Waals surface area contributed by atoms with E-state index in [1.54, 1.807) is 6.07 Å². The molecule has 0 unspecified atom stereocenters. The maximum absolute atomic E-state index is 13.6. The predicted molar refractivity (Wildman–Crippen MR) is 79.9 cm³/mol. The number of amides is 1. The molecule has 0 heterocycles. The van der Waals surface area contributed by atoms with Gasteiger partial charge in [-0.2, -0.15) is 5.26 Å². The van der Waals surface area contributed by atoms with Gasteiger partial charge < -0.3 is 10.4 Å². The summed E-state index contributed by atoms with van der Waals surface area (Å²) in [7, 11) is 0. The normalized spacial score (nSPS) is 9.85. The van der Waals surface area contributed by atoms with Crippen LogP contribution in [0.1, 0.15) is 15.9 Å². The van der Waals surface area contributed by atoms with Crippen molar-refractivity contribution in [3.63, 3.8) is 0 Å². The third-order valence-electron chi connectivity index (χ3n) is 2.55. The van der Waals surface area contributed by atoms with Gasteiger partial charge in [0.15, 0.2) is 0 Å². The number of anilines is 1. The number of rotatable bonds is 2. The second-order valence-electron chi connectivity index (χ2n) is 3.93. The van der Waals surface area contributed by atoms with E-state index in [2.05, 4.69) is 5.32 Å². The minimum absolute atomic E-state index is 0.0152. The number of carbonyl (C=O) groups excluding carboxylic acids is 1. The van der Waals surface area contributed by atoms with Crippen molar-refractivity contribution in [1.29, 1.82) is 5.26 Å². The minimum atomic E-state index is -0.688. The summed E-state index contributed by atoms with van der Waals surface area (Å²) in [5.41, 5.74) is 0.367. The van der Waals surface area contributed by atoms with Gasteiger partial charge in [-0.25, -0.2) is 4.39 Å². The fraction of sp³-hybridized carbons (Fsp3) is 0. The van der Waals surface area contributed by atoms with Gasteiger partial charge in [0, 0.05) is 5.56 Å². The first-order valence-electron chi connectivity index (χ1n) is 5.51. The molecule has 0 aliphatic heterocycles. The van der Waals surface area contributed by atoms with Crippen LogP contribution in [0.4, 0.5) is 10.1 Å². The number of phenolic OH excluding ortho intramolecular Hbond substituents is 1. The van der Waals surface area contributed by atoms with E-state index in [9.17, 15) is 14.3 Å². The molecule has 1 amide bonds. The summed E-state index contributed by atoms with van der Waals surface area (Å²) in [4.78, 5) is 11.9. The van der Waals surface area contributed by atoms with Gasteiger partial charge in [-0.1, -0.05) is 0 Å². The molecule has 20 heavy (non-hydrogen) atoms. The van der Waals surface area contributed by atoms with E-state index in [0.717, 1.165) is 6.07 Å². The SMILES string of the molecule is N#Cc1ccc(NC(=O)c2ccc(I)c(O)c2)c(F)c1. The lowest BCUT2D eigenvalue weighted by molar-refractivity contribution is 0.102. The molecule has 6 heteroatoms. The first-order valence-corrected chi connectivity index (χ1v) is 6.58. The first kappa shape index (κ1) is 14.3. The largest absolute Gasteiger partial charge is 0.507 e. The van der Waals surface area contributed by atoms with Crippen molar-refractivity contribution in [2.75, 3.05) is 5.32 Å². The zero-order valence-corrected chi connectivity index (χ0v) is 12.2. The maximum Gasteiger partial charge on any atom is 0.255 e. The summed E-state index contributed by atoms with van der Waals surface area (Å²) in [6, 6.07) is 9.99. The van der Waals surface area contributed by atoms with E-state index < -0.39 is 11.7 Å². The van der Waals surface area contributed by atoms with Crippen LogP contribution in [0.3, 0.4) is 0 Å². The van der Waals surface area contributed by atoms with Gasteiger partial charge in [0.2, 0.25) is 0 Å². The van der Waals surface area contributed by atoms with E-state index in [0.29, 0.717) is 3.57 Å². The Bertz CT molecular complexity index is 726. The zero-order valence-electron chi connectivity index (χ0n) is 10.0. The second-order valence-corrected chi connectivity index (χ2v) is 5.09. The van der Waals surface area contributed by atoms with Crippen molar-refractivity contribution in [2.45, 2.75) is 0 Å². The second kappa shape index (κ2) is 5.88. The van der Waals surface area contributed by atoms with Gasteiger partial charge in [-0.3, -0.25) is 4.79 Å². The molecule has 2 rings (SSSR count). The molecule has 2 aromatic carbocycles. The number of carbonyl (C=O) groups is 1. The van der Waals surface area contributed by atoms with Gasteiger partial charge in [-0.05, 0) is 59.0 Å². The number of halogens is 2. The number of nitrogens with zero attached hydrogens (tertiary/aromatic N) is 1. The van der Waals surface area contributed by atoms with Crippen LogP contribution in [0.15, 0.2) is 36.4 Å². The Morgan fingerprint density at radius 3 is 2.65 bits per heavy atom. The van der Waals surface area contributed by atoms with E-state index in [1.165, 1.54) is 24.3 Å². The number of aromatic hydroxyl groups is 1. The van der Waals surface area contributed by atoms with Crippen LogP contribution in [0.5, 0.6) is 5.75 Å². The molecule has 0 fully saturated rings. The summed E-state index contributed by atoms with van der Waals surface area (Å²) >= 11 is 1.93. The molecule has 0 bridgehead atoms. The van der Waals surface area contributed by atoms with Gasteiger partial charge in [0.25, 0.3) is 5.91 Å². The lowest BCUT2D eigenvalue weighted by Crippen LogP contribution is -2.13. The maximum atomic E-state index is 13.6. The minimum Gasteiger partial charge on any atom is -0.507 e. The van der Waals surface area contributed by atoms with Crippen LogP contribution in [0, 0.1) is 20.7 Å². The lowest BCUT2D eigenvalue weighted by atomic mass is 10.1. The molecular weight excluding hydrogens is 374 g/mol. The highest BCUT2D eigenvalue weighted by atomic mass is 127. The molecule has 0 aliphatic rings. The van der Waals surface area contributed by atoms with E-state index >= 15 is 0 Å². The van der Waals surface area contributed by atoms with Crippen LogP contribution in [0.25, 0.3) is 0 Å². The summed E-state index contributed by atoms with van der Waals surface area (Å²) in [5, 5.41) is 20.6. The predicted octanol–water partition coefficient (Wildman–Crippen LogP) is 3.26. The van der Waals surface area contributed by atoms with E-state index in [-0.39, 0.29) is 22.6 Å². The Morgan fingerprint density at radius 2 is 2.05 bits per heavy atom. The third kappa shape index (κ3) is 3.05. The van der Waals surface area contributed by atoms with E-state index in [1.807, 2.05) is 28.7 Å². The average Bonchev–Trinajstić information content (AvgIpc) is 2.43. The molecule has 0 saturated carbocycles. The van der Waals surface area contributed by atoms with Crippen LogP contribution >= 0.6 is 22.6 Å². The number of hydrogen-bond donors (Lipinski definition) is 2. The van der Waals surface area contributed by atoms with Gasteiger partial charge in [0.05, 0.1) is 20.9 Å². The smallest absolute Gasteiger partial charge is 0.255 e. The molecule has 0 radical (unpaired) electrons. The van der Waals surface area contributed by atoms with Crippen molar-refractivity contribution in [1.82, 2.24) is 0 Å². The summed E-state index contributed by atoms with van der Waals surface area (Å²) in [6.07, 6.45) is 0. The summed E-state index contributed by atoms with van der Waals surface area (Å²) in [5.74, 6) is -1.24. The molecule has 2 N–H and O–H groups in total. The molecule has 4 nitrogen and oxygen atoms in total. The first-order chi connectivity index (χ1) is 9.51. The number of nitrogens with one attached hydrogen (secondary N) is 1. The molecule has 0 aliphatic carbocycles. The zero-order chi connectivity index (χ0) is 14.7. The molecular formula is C14H8FIN2O2. The van der Waals surface area contributed by atoms with Crippen LogP contribution < -0.4 is 5.32 Å². The Labute approximate surface area is 128 Å². The Morgan fingerprint density at radius 1 is 1.30 bits per heavy atom. The molecule has 100 valence electrons. The van der Waals surface area contributed by atoms with Gasteiger partial charge in [0.1, 0.15) is 11.6 Å².